The highest BCUT2D eigenvalue weighted by molar-refractivity contribution is 7.90. The van der Waals surface area contributed by atoms with Crippen LogP contribution in [0.3, 0.4) is 0 Å². The van der Waals surface area contributed by atoms with Gasteiger partial charge in [0, 0.05) is 33.1 Å². The number of carbonyl (C=O) groups excluding carboxylic acids is 1. The van der Waals surface area contributed by atoms with Gasteiger partial charge < -0.3 is 15.4 Å². The van der Waals surface area contributed by atoms with Crippen LogP contribution in [0.25, 0.3) is 0 Å². The Morgan fingerprint density at radius 3 is 2.53 bits per heavy atom. The summed E-state index contributed by atoms with van der Waals surface area (Å²) in [7, 11) is -1.35. The highest BCUT2D eigenvalue weighted by atomic mass is 32.2. The lowest BCUT2D eigenvalue weighted by atomic mass is 9.99. The number of hydrogen-bond donors (Lipinski definition) is 1. The summed E-state index contributed by atoms with van der Waals surface area (Å²) in [6.07, 6.45) is 3.23. The van der Waals surface area contributed by atoms with Crippen LogP contribution >= 0.6 is 0 Å². The summed E-state index contributed by atoms with van der Waals surface area (Å²) in [4.78, 5) is 13.6. The first kappa shape index (κ1) is 16.4. The van der Waals surface area contributed by atoms with Crippen LogP contribution in [0.1, 0.15) is 19.3 Å². The maximum absolute atomic E-state index is 12.0. The summed E-state index contributed by atoms with van der Waals surface area (Å²) in [5.74, 6) is 0.213. The van der Waals surface area contributed by atoms with E-state index in [0.717, 1.165) is 32.3 Å². The zero-order valence-electron chi connectivity index (χ0n) is 11.7. The molecule has 1 fully saturated rings. The molecule has 1 unspecified atom stereocenters. The van der Waals surface area contributed by atoms with Crippen LogP contribution in [0.15, 0.2) is 0 Å². The maximum atomic E-state index is 12.0. The molecule has 0 aromatic heterocycles. The Balaban J connectivity index is 2.37. The van der Waals surface area contributed by atoms with Gasteiger partial charge >= 0.3 is 0 Å². The summed E-state index contributed by atoms with van der Waals surface area (Å²) in [5.41, 5.74) is 5.75. The lowest BCUT2D eigenvalue weighted by molar-refractivity contribution is -0.132. The molecule has 1 aliphatic rings. The largest absolute Gasteiger partial charge is 0.381 e. The zero-order valence-corrected chi connectivity index (χ0v) is 12.5. The Kier molecular flexibility index (Phi) is 6.22. The van der Waals surface area contributed by atoms with Crippen molar-refractivity contribution in [2.24, 2.45) is 11.7 Å². The fraction of sp³-hybridized carbons (Fsp3) is 0.917. The third kappa shape index (κ3) is 6.35. The third-order valence-electron chi connectivity index (χ3n) is 3.37. The Morgan fingerprint density at radius 2 is 2.00 bits per heavy atom. The molecule has 0 saturated carbocycles. The molecule has 0 bridgehead atoms. The molecule has 1 atom stereocenters. The second-order valence-corrected chi connectivity index (χ2v) is 7.56. The highest BCUT2D eigenvalue weighted by Gasteiger charge is 2.23. The molecular formula is C12H24N2O4S. The Morgan fingerprint density at radius 1 is 1.42 bits per heavy atom. The zero-order chi connectivity index (χ0) is 14.5. The van der Waals surface area contributed by atoms with E-state index < -0.39 is 15.9 Å². The molecule has 19 heavy (non-hydrogen) atoms. The van der Waals surface area contributed by atoms with E-state index in [4.69, 9.17) is 10.5 Å². The van der Waals surface area contributed by atoms with Gasteiger partial charge in [-0.1, -0.05) is 0 Å². The van der Waals surface area contributed by atoms with E-state index >= 15 is 0 Å². The smallest absolute Gasteiger partial charge is 0.239 e. The van der Waals surface area contributed by atoms with Crippen LogP contribution < -0.4 is 5.73 Å². The van der Waals surface area contributed by atoms with E-state index in [1.807, 2.05) is 0 Å². The first-order chi connectivity index (χ1) is 8.79. The number of nitrogens with two attached hydrogens (primary N) is 1. The molecule has 1 rings (SSSR count). The minimum absolute atomic E-state index is 0.0506. The minimum Gasteiger partial charge on any atom is -0.381 e. The van der Waals surface area contributed by atoms with Gasteiger partial charge in [0.05, 0.1) is 11.8 Å². The molecule has 6 nitrogen and oxygen atoms in total. The second kappa shape index (κ2) is 7.21. The van der Waals surface area contributed by atoms with Crippen molar-refractivity contribution in [1.29, 1.82) is 0 Å². The van der Waals surface area contributed by atoms with E-state index in [-0.39, 0.29) is 18.1 Å². The van der Waals surface area contributed by atoms with Crippen molar-refractivity contribution in [2.45, 2.75) is 25.3 Å². The summed E-state index contributed by atoms with van der Waals surface area (Å²) in [6.45, 7) is 2.15. The van der Waals surface area contributed by atoms with Crippen LogP contribution in [0.5, 0.6) is 0 Å². The number of carbonyl (C=O) groups is 1. The molecule has 1 aliphatic heterocycles. The first-order valence-corrected chi connectivity index (χ1v) is 8.61. The maximum Gasteiger partial charge on any atom is 0.239 e. The second-order valence-electron chi connectivity index (χ2n) is 5.30. The number of hydrogen-bond acceptors (Lipinski definition) is 5. The first-order valence-electron chi connectivity index (χ1n) is 6.55. The van der Waals surface area contributed by atoms with Crippen molar-refractivity contribution < 1.29 is 17.9 Å². The van der Waals surface area contributed by atoms with Crippen molar-refractivity contribution in [1.82, 2.24) is 4.90 Å². The molecule has 1 saturated heterocycles. The highest BCUT2D eigenvalue weighted by Crippen LogP contribution is 2.15. The van der Waals surface area contributed by atoms with E-state index in [0.29, 0.717) is 12.5 Å². The molecule has 0 spiro atoms. The van der Waals surface area contributed by atoms with Crippen LogP contribution in [-0.2, 0) is 19.4 Å². The molecular weight excluding hydrogens is 268 g/mol. The molecule has 0 aliphatic carbocycles. The Hall–Kier alpha value is -0.660. The number of rotatable bonds is 6. The number of ether oxygens (including phenoxy) is 1. The molecule has 1 amide bonds. The number of sulfone groups is 1. The topological polar surface area (TPSA) is 89.7 Å². The normalized spacial score (nSPS) is 19.1. The molecule has 112 valence electrons. The predicted molar refractivity (Wildman–Crippen MR) is 73.5 cm³/mol. The molecule has 1 heterocycles. The number of amides is 1. The average Bonchev–Trinajstić information content (AvgIpc) is 2.35. The Labute approximate surface area is 115 Å². The van der Waals surface area contributed by atoms with Gasteiger partial charge in [-0.2, -0.15) is 0 Å². The summed E-state index contributed by atoms with van der Waals surface area (Å²) < 4.78 is 27.4. The monoisotopic (exact) mass is 292 g/mol. The van der Waals surface area contributed by atoms with Gasteiger partial charge in [0.25, 0.3) is 0 Å². The van der Waals surface area contributed by atoms with Crippen LogP contribution in [-0.4, -0.2) is 64.1 Å². The molecule has 0 aromatic rings. The molecule has 2 N–H and O–H groups in total. The lowest BCUT2D eigenvalue weighted by Gasteiger charge is -2.28. The van der Waals surface area contributed by atoms with Crippen LogP contribution in [0, 0.1) is 5.92 Å². The van der Waals surface area contributed by atoms with Crippen LogP contribution in [0.2, 0.25) is 0 Å². The fourth-order valence-corrected chi connectivity index (χ4v) is 2.84. The van der Waals surface area contributed by atoms with Gasteiger partial charge in [-0.15, -0.1) is 0 Å². The van der Waals surface area contributed by atoms with Crippen molar-refractivity contribution in [3.05, 3.63) is 0 Å². The molecule has 0 aromatic carbocycles. The van der Waals surface area contributed by atoms with Gasteiger partial charge in [0.1, 0.15) is 9.84 Å². The summed E-state index contributed by atoms with van der Waals surface area (Å²) in [5, 5.41) is 0. The van der Waals surface area contributed by atoms with E-state index in [2.05, 4.69) is 0 Å². The Bertz CT molecular complexity index is 391. The average molecular weight is 292 g/mol. The van der Waals surface area contributed by atoms with Gasteiger partial charge in [0.15, 0.2) is 0 Å². The van der Waals surface area contributed by atoms with Gasteiger partial charge in [-0.05, 0) is 25.2 Å². The number of nitrogens with zero attached hydrogens (tertiary/aromatic N) is 1. The predicted octanol–water partition coefficient (Wildman–Crippen LogP) is -0.367. The van der Waals surface area contributed by atoms with Gasteiger partial charge in [-0.25, -0.2) is 8.42 Å². The molecule has 0 radical (unpaired) electrons. The van der Waals surface area contributed by atoms with Crippen molar-refractivity contribution >= 4 is 15.7 Å². The van der Waals surface area contributed by atoms with E-state index in [1.54, 1.807) is 11.9 Å². The quantitative estimate of drug-likeness (QED) is 0.721. The fourth-order valence-electron chi connectivity index (χ4n) is 2.15. The van der Waals surface area contributed by atoms with Gasteiger partial charge in [0.2, 0.25) is 5.91 Å². The summed E-state index contributed by atoms with van der Waals surface area (Å²) in [6, 6.07) is -0.737. The van der Waals surface area contributed by atoms with Crippen molar-refractivity contribution in [2.75, 3.05) is 38.8 Å². The van der Waals surface area contributed by atoms with Crippen molar-refractivity contribution in [3.63, 3.8) is 0 Å². The van der Waals surface area contributed by atoms with Crippen LogP contribution in [0.4, 0.5) is 0 Å². The van der Waals surface area contributed by atoms with Crippen molar-refractivity contribution in [3.8, 4) is 0 Å². The van der Waals surface area contributed by atoms with E-state index in [1.165, 1.54) is 0 Å². The lowest BCUT2D eigenvalue weighted by Crippen LogP contribution is -2.44. The van der Waals surface area contributed by atoms with E-state index in [9.17, 15) is 13.2 Å². The standard InChI is InChI=1S/C12H24N2O4S/c1-14(9-10-3-6-18-7-4-10)12(15)11(13)5-8-19(2,16)17/h10-11H,3-9,13H2,1-2H3. The molecule has 7 heteroatoms. The van der Waals surface area contributed by atoms with Gasteiger partial charge in [-0.3, -0.25) is 4.79 Å². The SMILES string of the molecule is CN(CC1CCOCC1)C(=O)C(N)CCS(C)(=O)=O. The number of likely N-dealkylation sites (N-methyl/N-ethyl adjacent to an activating group) is 1. The summed E-state index contributed by atoms with van der Waals surface area (Å²) >= 11 is 0. The minimum atomic E-state index is -3.07. The third-order valence-corrected chi connectivity index (χ3v) is 4.34.